The minimum Gasteiger partial charge on any atom is -0.428 e. The second-order valence-electron chi connectivity index (χ2n) is 7.89. The molecular formula is C23H23N7O4. The van der Waals surface area contributed by atoms with Crippen molar-refractivity contribution in [2.45, 2.75) is 18.9 Å². The molecular weight excluding hydrogens is 438 g/mol. The Morgan fingerprint density at radius 3 is 2.74 bits per heavy atom. The summed E-state index contributed by atoms with van der Waals surface area (Å²) in [5.41, 5.74) is 2.78. The van der Waals surface area contributed by atoms with Crippen LogP contribution in [0.5, 0.6) is 0 Å². The Bertz CT molecular complexity index is 1270. The van der Waals surface area contributed by atoms with Gasteiger partial charge < -0.3 is 24.4 Å². The number of hydrogen-bond donors (Lipinski definition) is 2. The van der Waals surface area contributed by atoms with Crippen molar-refractivity contribution in [1.82, 2.24) is 35.4 Å². The van der Waals surface area contributed by atoms with Gasteiger partial charge in [0.2, 0.25) is 18.2 Å². The smallest absolute Gasteiger partial charge is 0.252 e. The molecule has 4 aromatic rings. The van der Waals surface area contributed by atoms with E-state index in [1.165, 1.54) is 6.39 Å². The van der Waals surface area contributed by atoms with Crippen molar-refractivity contribution in [2.24, 2.45) is 0 Å². The zero-order valence-corrected chi connectivity index (χ0v) is 18.3. The van der Waals surface area contributed by atoms with Crippen LogP contribution in [-0.4, -0.2) is 74.2 Å². The number of fused-ring (bicyclic) bond motifs is 1. The third-order valence-electron chi connectivity index (χ3n) is 5.68. The van der Waals surface area contributed by atoms with Gasteiger partial charge in [-0.3, -0.25) is 14.6 Å². The molecule has 174 valence electrons. The van der Waals surface area contributed by atoms with Gasteiger partial charge in [0.15, 0.2) is 0 Å². The van der Waals surface area contributed by atoms with E-state index in [0.717, 1.165) is 16.6 Å². The number of nitrogens with one attached hydrogen (secondary N) is 2. The van der Waals surface area contributed by atoms with E-state index < -0.39 is 6.04 Å². The molecule has 5 rings (SSSR count). The van der Waals surface area contributed by atoms with E-state index in [-0.39, 0.29) is 11.8 Å². The molecule has 4 heterocycles. The molecule has 1 saturated heterocycles. The molecule has 11 heteroatoms. The Hall–Kier alpha value is -4.12. The molecule has 11 nitrogen and oxygen atoms in total. The van der Waals surface area contributed by atoms with Gasteiger partial charge in [0.05, 0.1) is 24.2 Å². The van der Waals surface area contributed by atoms with Gasteiger partial charge in [0.1, 0.15) is 11.9 Å². The van der Waals surface area contributed by atoms with Gasteiger partial charge in [-0.15, -0.1) is 10.2 Å². The molecule has 2 N–H and O–H groups in total. The Morgan fingerprint density at radius 1 is 1.15 bits per heavy atom. The highest BCUT2D eigenvalue weighted by atomic mass is 16.5. The maximum atomic E-state index is 13.2. The summed E-state index contributed by atoms with van der Waals surface area (Å²) in [4.78, 5) is 39.8. The normalized spacial score (nSPS) is 14.8. The Labute approximate surface area is 194 Å². The summed E-state index contributed by atoms with van der Waals surface area (Å²) < 4.78 is 10.5. The first-order chi connectivity index (χ1) is 16.7. The summed E-state index contributed by atoms with van der Waals surface area (Å²) in [6, 6.07) is 8.19. The van der Waals surface area contributed by atoms with Crippen LogP contribution in [0.25, 0.3) is 22.4 Å². The van der Waals surface area contributed by atoms with Gasteiger partial charge in [-0.1, -0.05) is 0 Å². The summed E-state index contributed by atoms with van der Waals surface area (Å²) >= 11 is 0. The average Bonchev–Trinajstić information content (AvgIpc) is 3.56. The number of carbonyl (C=O) groups excluding carboxylic acids is 2. The van der Waals surface area contributed by atoms with Gasteiger partial charge in [-0.2, -0.15) is 0 Å². The number of imidazole rings is 1. The first-order valence-electron chi connectivity index (χ1n) is 11.0. The predicted octanol–water partition coefficient (Wildman–Crippen LogP) is 1.60. The van der Waals surface area contributed by atoms with Crippen LogP contribution in [0.2, 0.25) is 0 Å². The van der Waals surface area contributed by atoms with Gasteiger partial charge in [0, 0.05) is 43.0 Å². The van der Waals surface area contributed by atoms with Gasteiger partial charge in [-0.25, -0.2) is 4.98 Å². The van der Waals surface area contributed by atoms with E-state index in [1.54, 1.807) is 35.5 Å². The van der Waals surface area contributed by atoms with Gasteiger partial charge in [-0.05, 0) is 36.8 Å². The monoisotopic (exact) mass is 461 g/mol. The second-order valence-corrected chi connectivity index (χ2v) is 7.89. The van der Waals surface area contributed by atoms with Crippen LogP contribution in [0.1, 0.15) is 22.7 Å². The Morgan fingerprint density at radius 2 is 1.97 bits per heavy atom. The SMILES string of the molecule is O=C(NC(CCc1nnco1)C(=O)N1CCOCC1)c1ccc2nc(-c3ccncc3)[nH]c2c1. The number of carbonyl (C=O) groups is 2. The maximum absolute atomic E-state index is 13.2. The number of benzene rings is 1. The molecule has 0 aliphatic carbocycles. The van der Waals surface area contributed by atoms with Crippen molar-refractivity contribution in [1.29, 1.82) is 0 Å². The molecule has 0 spiro atoms. The number of morpholine rings is 1. The molecule has 0 saturated carbocycles. The summed E-state index contributed by atoms with van der Waals surface area (Å²) in [5, 5.41) is 10.4. The first-order valence-corrected chi connectivity index (χ1v) is 11.0. The minimum atomic E-state index is -0.734. The molecule has 2 amide bonds. The van der Waals surface area contributed by atoms with E-state index in [2.05, 4.69) is 30.5 Å². The van der Waals surface area contributed by atoms with E-state index in [9.17, 15) is 9.59 Å². The number of aryl methyl sites for hydroxylation is 1. The van der Waals surface area contributed by atoms with Crippen molar-refractivity contribution in [2.75, 3.05) is 26.3 Å². The van der Waals surface area contributed by atoms with Crippen molar-refractivity contribution in [3.8, 4) is 11.4 Å². The fourth-order valence-electron chi connectivity index (χ4n) is 3.87. The molecule has 1 fully saturated rings. The van der Waals surface area contributed by atoms with Crippen LogP contribution in [0.4, 0.5) is 0 Å². The third-order valence-corrected chi connectivity index (χ3v) is 5.68. The van der Waals surface area contributed by atoms with Crippen LogP contribution in [0.15, 0.2) is 53.5 Å². The van der Waals surface area contributed by atoms with Crippen LogP contribution >= 0.6 is 0 Å². The van der Waals surface area contributed by atoms with Crippen LogP contribution in [-0.2, 0) is 16.0 Å². The fraction of sp³-hybridized carbons (Fsp3) is 0.304. The van der Waals surface area contributed by atoms with E-state index in [1.807, 2.05) is 12.1 Å². The highest BCUT2D eigenvalue weighted by molar-refractivity contribution is 6.00. The number of rotatable bonds is 7. The predicted molar refractivity (Wildman–Crippen MR) is 121 cm³/mol. The molecule has 1 aliphatic heterocycles. The topological polar surface area (TPSA) is 139 Å². The standard InChI is InChI=1S/C23H23N7O4/c31-22(16-1-2-17-19(13-16)27-21(26-17)15-5-7-24-8-6-15)28-18(3-4-20-29-25-14-34-20)23(32)30-9-11-33-12-10-30/h1-2,5-8,13-14,18H,3-4,9-12H2,(H,26,27)(H,28,31). The summed E-state index contributed by atoms with van der Waals surface area (Å²) in [7, 11) is 0. The van der Waals surface area contributed by atoms with Crippen LogP contribution < -0.4 is 5.32 Å². The second kappa shape index (κ2) is 9.79. The molecule has 0 bridgehead atoms. The highest BCUT2D eigenvalue weighted by Crippen LogP contribution is 2.21. The van der Waals surface area contributed by atoms with Crippen molar-refractivity contribution >= 4 is 22.8 Å². The zero-order chi connectivity index (χ0) is 23.3. The molecule has 0 radical (unpaired) electrons. The lowest BCUT2D eigenvalue weighted by Crippen LogP contribution is -2.52. The van der Waals surface area contributed by atoms with Crippen LogP contribution in [0.3, 0.4) is 0 Å². The lowest BCUT2D eigenvalue weighted by atomic mass is 10.1. The summed E-state index contributed by atoms with van der Waals surface area (Å²) in [6.45, 7) is 1.94. The maximum Gasteiger partial charge on any atom is 0.252 e. The van der Waals surface area contributed by atoms with Crippen molar-refractivity contribution < 1.29 is 18.7 Å². The van der Waals surface area contributed by atoms with Gasteiger partial charge >= 0.3 is 0 Å². The first kappa shape index (κ1) is 21.7. The summed E-state index contributed by atoms with van der Waals surface area (Å²) in [5.74, 6) is 0.601. The molecule has 1 aromatic carbocycles. The number of aromatic nitrogens is 5. The number of aromatic amines is 1. The quantitative estimate of drug-likeness (QED) is 0.423. The molecule has 1 unspecified atom stereocenters. The highest BCUT2D eigenvalue weighted by Gasteiger charge is 2.28. The van der Waals surface area contributed by atoms with Crippen LogP contribution in [0, 0.1) is 0 Å². The number of H-pyrrole nitrogens is 1. The van der Waals surface area contributed by atoms with E-state index in [4.69, 9.17) is 9.15 Å². The van der Waals surface area contributed by atoms with E-state index >= 15 is 0 Å². The molecule has 1 aliphatic rings. The third kappa shape index (κ3) is 4.79. The number of nitrogens with zero attached hydrogens (tertiary/aromatic N) is 5. The molecule has 3 aromatic heterocycles. The Balaban J connectivity index is 1.34. The lowest BCUT2D eigenvalue weighted by molar-refractivity contribution is -0.137. The lowest BCUT2D eigenvalue weighted by Gasteiger charge is -2.30. The van der Waals surface area contributed by atoms with E-state index in [0.29, 0.717) is 56.4 Å². The summed E-state index contributed by atoms with van der Waals surface area (Å²) in [6.07, 6.45) is 5.34. The number of ether oxygens (including phenoxy) is 1. The molecule has 1 atom stereocenters. The molecule has 34 heavy (non-hydrogen) atoms. The number of amides is 2. The number of pyridine rings is 1. The van der Waals surface area contributed by atoms with Crippen molar-refractivity contribution in [3.63, 3.8) is 0 Å². The fourth-order valence-corrected chi connectivity index (χ4v) is 3.87. The van der Waals surface area contributed by atoms with Crippen molar-refractivity contribution in [3.05, 3.63) is 60.6 Å². The zero-order valence-electron chi connectivity index (χ0n) is 18.3. The Kier molecular flexibility index (Phi) is 6.25. The minimum absolute atomic E-state index is 0.154. The average molecular weight is 461 g/mol. The largest absolute Gasteiger partial charge is 0.428 e. The number of hydrogen-bond acceptors (Lipinski definition) is 8. The van der Waals surface area contributed by atoms with Gasteiger partial charge in [0.25, 0.3) is 5.91 Å².